The molecular weight excluding hydrogens is 204 g/mol. The van der Waals surface area contributed by atoms with E-state index in [4.69, 9.17) is 10.5 Å². The summed E-state index contributed by atoms with van der Waals surface area (Å²) in [7, 11) is 1.92. The van der Waals surface area contributed by atoms with Crippen LogP contribution in [0, 0.1) is 0 Å². The summed E-state index contributed by atoms with van der Waals surface area (Å²) >= 11 is 0. The highest BCUT2D eigenvalue weighted by molar-refractivity contribution is 5.25. The molecule has 2 aromatic rings. The van der Waals surface area contributed by atoms with Crippen molar-refractivity contribution in [2.75, 3.05) is 0 Å². The fourth-order valence-corrected chi connectivity index (χ4v) is 1.38. The standard InChI is InChI=1S/C11H14N4O/c1-15-6-5-13-10(15)8-16-11-9(7-12)3-2-4-14-11/h2-6H,7-8,12H2,1H3. The van der Waals surface area contributed by atoms with E-state index in [1.165, 1.54) is 0 Å². The molecule has 0 aliphatic rings. The van der Waals surface area contributed by atoms with E-state index in [0.29, 0.717) is 19.0 Å². The van der Waals surface area contributed by atoms with Crippen molar-refractivity contribution in [2.45, 2.75) is 13.2 Å². The minimum Gasteiger partial charge on any atom is -0.469 e. The third kappa shape index (κ3) is 2.20. The van der Waals surface area contributed by atoms with Crippen LogP contribution in [-0.4, -0.2) is 14.5 Å². The maximum Gasteiger partial charge on any atom is 0.218 e. The molecule has 0 aromatic carbocycles. The smallest absolute Gasteiger partial charge is 0.218 e. The van der Waals surface area contributed by atoms with Crippen LogP contribution in [0.4, 0.5) is 0 Å². The number of nitrogens with two attached hydrogens (primary N) is 1. The maximum atomic E-state index is 5.59. The Morgan fingerprint density at radius 1 is 1.38 bits per heavy atom. The molecule has 84 valence electrons. The van der Waals surface area contributed by atoms with Crippen LogP contribution in [0.1, 0.15) is 11.4 Å². The molecule has 0 aliphatic heterocycles. The Hall–Kier alpha value is -1.88. The largest absolute Gasteiger partial charge is 0.469 e. The van der Waals surface area contributed by atoms with Crippen molar-refractivity contribution >= 4 is 0 Å². The van der Waals surface area contributed by atoms with E-state index in [9.17, 15) is 0 Å². The molecule has 0 unspecified atom stereocenters. The number of nitrogens with zero attached hydrogens (tertiary/aromatic N) is 3. The second kappa shape index (κ2) is 4.76. The Balaban J connectivity index is 2.07. The molecule has 0 fully saturated rings. The fourth-order valence-electron chi connectivity index (χ4n) is 1.38. The summed E-state index contributed by atoms with van der Waals surface area (Å²) in [5, 5.41) is 0. The van der Waals surface area contributed by atoms with Crippen molar-refractivity contribution in [3.8, 4) is 5.88 Å². The van der Waals surface area contributed by atoms with Gasteiger partial charge in [0.15, 0.2) is 0 Å². The molecule has 0 aliphatic carbocycles. The Bertz CT molecular complexity index is 467. The third-order valence-corrected chi connectivity index (χ3v) is 2.33. The lowest BCUT2D eigenvalue weighted by Gasteiger charge is -2.08. The van der Waals surface area contributed by atoms with E-state index >= 15 is 0 Å². The van der Waals surface area contributed by atoms with Crippen LogP contribution in [0.3, 0.4) is 0 Å². The molecule has 2 rings (SSSR count). The van der Waals surface area contributed by atoms with Crippen molar-refractivity contribution in [3.63, 3.8) is 0 Å². The highest BCUT2D eigenvalue weighted by Gasteiger charge is 2.05. The van der Waals surface area contributed by atoms with Crippen molar-refractivity contribution in [2.24, 2.45) is 12.8 Å². The minimum atomic E-state index is 0.396. The first-order valence-electron chi connectivity index (χ1n) is 5.04. The summed E-state index contributed by atoms with van der Waals surface area (Å²) < 4.78 is 7.49. The average molecular weight is 218 g/mol. The molecule has 0 saturated carbocycles. The van der Waals surface area contributed by atoms with Crippen LogP contribution in [0.5, 0.6) is 5.88 Å². The predicted molar refractivity (Wildman–Crippen MR) is 59.7 cm³/mol. The number of hydrogen-bond donors (Lipinski definition) is 1. The van der Waals surface area contributed by atoms with Gasteiger partial charge in [-0.1, -0.05) is 6.07 Å². The van der Waals surface area contributed by atoms with Crippen molar-refractivity contribution in [1.82, 2.24) is 14.5 Å². The van der Waals surface area contributed by atoms with Gasteiger partial charge < -0.3 is 15.0 Å². The molecule has 2 aromatic heterocycles. The molecule has 0 spiro atoms. The number of rotatable bonds is 4. The normalized spacial score (nSPS) is 10.4. The van der Waals surface area contributed by atoms with E-state index in [-0.39, 0.29) is 0 Å². The lowest BCUT2D eigenvalue weighted by molar-refractivity contribution is 0.277. The minimum absolute atomic E-state index is 0.396. The van der Waals surface area contributed by atoms with Crippen LogP contribution >= 0.6 is 0 Å². The van der Waals surface area contributed by atoms with Gasteiger partial charge in [0.1, 0.15) is 12.4 Å². The molecule has 0 bridgehead atoms. The van der Waals surface area contributed by atoms with Crippen molar-refractivity contribution < 1.29 is 4.74 Å². The summed E-state index contributed by atoms with van der Waals surface area (Å²) in [5.74, 6) is 1.43. The zero-order valence-electron chi connectivity index (χ0n) is 9.13. The van der Waals surface area contributed by atoms with Crippen molar-refractivity contribution in [3.05, 3.63) is 42.1 Å². The number of aryl methyl sites for hydroxylation is 1. The molecular formula is C11H14N4O. The first kappa shape index (κ1) is 10.6. The van der Waals surface area contributed by atoms with Crippen LogP contribution < -0.4 is 10.5 Å². The van der Waals surface area contributed by atoms with Gasteiger partial charge in [0.05, 0.1) is 0 Å². The number of pyridine rings is 1. The van der Waals surface area contributed by atoms with E-state index < -0.39 is 0 Å². The summed E-state index contributed by atoms with van der Waals surface area (Å²) in [4.78, 5) is 8.30. The van der Waals surface area contributed by atoms with Gasteiger partial charge in [0.2, 0.25) is 5.88 Å². The molecule has 5 heteroatoms. The molecule has 2 N–H and O–H groups in total. The molecule has 0 radical (unpaired) electrons. The summed E-state index contributed by atoms with van der Waals surface area (Å²) in [6.45, 7) is 0.817. The number of hydrogen-bond acceptors (Lipinski definition) is 4. The Morgan fingerprint density at radius 2 is 2.25 bits per heavy atom. The molecule has 5 nitrogen and oxygen atoms in total. The Morgan fingerprint density at radius 3 is 2.94 bits per heavy atom. The highest BCUT2D eigenvalue weighted by atomic mass is 16.5. The van der Waals surface area contributed by atoms with Gasteiger partial charge in [0, 0.05) is 37.7 Å². The van der Waals surface area contributed by atoms with Gasteiger partial charge in [-0.3, -0.25) is 0 Å². The zero-order valence-corrected chi connectivity index (χ0v) is 9.13. The number of ether oxygens (including phenoxy) is 1. The topological polar surface area (TPSA) is 66.0 Å². The lowest BCUT2D eigenvalue weighted by atomic mass is 10.3. The summed E-state index contributed by atoms with van der Waals surface area (Å²) in [6, 6.07) is 3.75. The van der Waals surface area contributed by atoms with E-state index in [2.05, 4.69) is 9.97 Å². The van der Waals surface area contributed by atoms with Gasteiger partial charge in [0.25, 0.3) is 0 Å². The monoisotopic (exact) mass is 218 g/mol. The first-order chi connectivity index (χ1) is 7.81. The second-order valence-electron chi connectivity index (χ2n) is 3.41. The second-order valence-corrected chi connectivity index (χ2v) is 3.41. The SMILES string of the molecule is Cn1ccnc1COc1ncccc1CN. The van der Waals surface area contributed by atoms with Gasteiger partial charge in [-0.2, -0.15) is 0 Å². The van der Waals surface area contributed by atoms with Crippen LogP contribution in [0.25, 0.3) is 0 Å². The molecule has 0 saturated heterocycles. The number of imidazole rings is 1. The van der Waals surface area contributed by atoms with Crippen LogP contribution in [0.15, 0.2) is 30.7 Å². The van der Waals surface area contributed by atoms with Gasteiger partial charge in [-0.15, -0.1) is 0 Å². The van der Waals surface area contributed by atoms with Gasteiger partial charge >= 0.3 is 0 Å². The molecule has 16 heavy (non-hydrogen) atoms. The van der Waals surface area contributed by atoms with Crippen LogP contribution in [0.2, 0.25) is 0 Å². The maximum absolute atomic E-state index is 5.59. The quantitative estimate of drug-likeness (QED) is 0.826. The predicted octanol–water partition coefficient (Wildman–Crippen LogP) is 0.853. The van der Waals surface area contributed by atoms with Crippen molar-refractivity contribution in [1.29, 1.82) is 0 Å². The Kier molecular flexibility index (Phi) is 3.16. The highest BCUT2D eigenvalue weighted by Crippen LogP contribution is 2.14. The third-order valence-electron chi connectivity index (χ3n) is 2.33. The number of aromatic nitrogens is 3. The van der Waals surface area contributed by atoms with Crippen LogP contribution in [-0.2, 0) is 20.2 Å². The van der Waals surface area contributed by atoms with Gasteiger partial charge in [-0.25, -0.2) is 9.97 Å². The first-order valence-corrected chi connectivity index (χ1v) is 5.04. The zero-order chi connectivity index (χ0) is 11.4. The summed E-state index contributed by atoms with van der Waals surface area (Å²) in [5.41, 5.74) is 6.49. The lowest BCUT2D eigenvalue weighted by Crippen LogP contribution is -2.07. The Labute approximate surface area is 93.9 Å². The molecule has 2 heterocycles. The molecule has 0 atom stereocenters. The molecule has 0 amide bonds. The van der Waals surface area contributed by atoms with Gasteiger partial charge in [-0.05, 0) is 6.07 Å². The fraction of sp³-hybridized carbons (Fsp3) is 0.273. The average Bonchev–Trinajstić information content (AvgIpc) is 2.72. The van der Waals surface area contributed by atoms with E-state index in [1.54, 1.807) is 12.4 Å². The summed E-state index contributed by atoms with van der Waals surface area (Å²) in [6.07, 6.45) is 5.30. The van der Waals surface area contributed by atoms with E-state index in [1.807, 2.05) is 29.9 Å². The van der Waals surface area contributed by atoms with E-state index in [0.717, 1.165) is 11.4 Å².